The van der Waals surface area contributed by atoms with Crippen LogP contribution < -0.4 is 0 Å². The lowest BCUT2D eigenvalue weighted by atomic mass is 9.96. The molecule has 1 radical (unpaired) electrons. The van der Waals surface area contributed by atoms with Gasteiger partial charge in [-0.25, -0.2) is 0 Å². The Bertz CT molecular complexity index is 647. The van der Waals surface area contributed by atoms with Gasteiger partial charge in [-0.1, -0.05) is 18.2 Å². The summed E-state index contributed by atoms with van der Waals surface area (Å²) in [6.07, 6.45) is 3.55. The van der Waals surface area contributed by atoms with Gasteiger partial charge in [-0.05, 0) is 52.4 Å². The lowest BCUT2D eigenvalue weighted by Crippen LogP contribution is -2.03. The van der Waals surface area contributed by atoms with E-state index in [4.69, 9.17) is 0 Å². The smallest absolute Gasteiger partial charge is 0.0548 e. The molecule has 1 atom stereocenters. The summed E-state index contributed by atoms with van der Waals surface area (Å²) in [5.74, 6) is 0.0396. The Labute approximate surface area is 122 Å². The van der Waals surface area contributed by atoms with E-state index in [-0.39, 0.29) is 12.5 Å². The Balaban J connectivity index is 1.89. The lowest BCUT2D eigenvalue weighted by Gasteiger charge is -2.13. The summed E-state index contributed by atoms with van der Waals surface area (Å²) >= 11 is 1.67. The van der Waals surface area contributed by atoms with Crippen molar-refractivity contribution in [3.05, 3.63) is 76.7 Å². The molecular weight excluding hydrogens is 266 g/mol. The summed E-state index contributed by atoms with van der Waals surface area (Å²) in [4.78, 5) is 5.20. The second kappa shape index (κ2) is 5.99. The number of thiophene rings is 1. The van der Waals surface area contributed by atoms with Crippen LogP contribution in [0.3, 0.4) is 0 Å². The molecule has 20 heavy (non-hydrogen) atoms. The predicted molar refractivity (Wildman–Crippen MR) is 81.8 cm³/mol. The van der Waals surface area contributed by atoms with E-state index in [1.54, 1.807) is 23.7 Å². The van der Waals surface area contributed by atoms with E-state index in [2.05, 4.69) is 23.2 Å². The largest absolute Gasteiger partial charge is 0.395 e. The van der Waals surface area contributed by atoms with E-state index in [0.717, 1.165) is 16.7 Å². The highest BCUT2D eigenvalue weighted by Gasteiger charge is 2.14. The first-order chi connectivity index (χ1) is 9.88. The van der Waals surface area contributed by atoms with Gasteiger partial charge in [0.2, 0.25) is 0 Å². The van der Waals surface area contributed by atoms with E-state index in [1.807, 2.05) is 35.7 Å². The number of benzene rings is 1. The zero-order valence-electron chi connectivity index (χ0n) is 10.9. The molecule has 0 bridgehead atoms. The van der Waals surface area contributed by atoms with Gasteiger partial charge in [-0.15, -0.1) is 11.3 Å². The van der Waals surface area contributed by atoms with Crippen LogP contribution in [0.15, 0.2) is 60.2 Å². The van der Waals surface area contributed by atoms with E-state index in [0.29, 0.717) is 0 Å². The molecule has 0 fully saturated rings. The van der Waals surface area contributed by atoms with Crippen LogP contribution in [0, 0.1) is 6.07 Å². The van der Waals surface area contributed by atoms with Crippen LogP contribution in [-0.4, -0.2) is 16.7 Å². The highest BCUT2D eigenvalue weighted by atomic mass is 32.1. The van der Waals surface area contributed by atoms with Gasteiger partial charge in [0.25, 0.3) is 0 Å². The molecule has 3 aromatic rings. The molecule has 0 amide bonds. The summed E-state index contributed by atoms with van der Waals surface area (Å²) in [5, 5.41) is 11.7. The van der Waals surface area contributed by atoms with Crippen LogP contribution in [0.5, 0.6) is 0 Å². The van der Waals surface area contributed by atoms with Crippen LogP contribution in [0.4, 0.5) is 0 Å². The maximum Gasteiger partial charge on any atom is 0.0548 e. The summed E-state index contributed by atoms with van der Waals surface area (Å²) in [7, 11) is 0. The third-order valence-electron chi connectivity index (χ3n) is 3.30. The molecule has 0 aliphatic heterocycles. The van der Waals surface area contributed by atoms with Crippen molar-refractivity contribution in [1.82, 2.24) is 4.98 Å². The SMILES string of the molecule is OC[C@@H](c1c[c]c(-c2ccncc2)cc1)c1cccs1. The second-order valence-electron chi connectivity index (χ2n) is 4.52. The van der Waals surface area contributed by atoms with E-state index in [1.165, 1.54) is 4.88 Å². The standard InChI is InChI=1S/C17H14NOS/c19-12-16(17-2-1-11-20-17)15-5-3-13(4-6-15)14-7-9-18-10-8-14/h1-3,5-11,16,19H,12H2/t16-/m0/s1. The Morgan fingerprint density at radius 2 is 2.00 bits per heavy atom. The second-order valence-corrected chi connectivity index (χ2v) is 5.50. The fourth-order valence-corrected chi connectivity index (χ4v) is 3.06. The highest BCUT2D eigenvalue weighted by molar-refractivity contribution is 7.10. The van der Waals surface area contributed by atoms with Crippen molar-refractivity contribution in [2.45, 2.75) is 5.92 Å². The predicted octanol–water partition coefficient (Wildman–Crippen LogP) is 3.73. The molecule has 0 aliphatic carbocycles. The summed E-state index contributed by atoms with van der Waals surface area (Å²) in [6.45, 7) is 0.114. The van der Waals surface area contributed by atoms with E-state index < -0.39 is 0 Å². The number of aliphatic hydroxyl groups excluding tert-OH is 1. The lowest BCUT2D eigenvalue weighted by molar-refractivity contribution is 0.282. The van der Waals surface area contributed by atoms with Crippen LogP contribution in [0.25, 0.3) is 11.1 Å². The molecular formula is C17H14NOS. The molecule has 2 nitrogen and oxygen atoms in total. The van der Waals surface area contributed by atoms with Crippen molar-refractivity contribution in [3.63, 3.8) is 0 Å². The first kappa shape index (κ1) is 13.0. The molecule has 2 heterocycles. The number of aliphatic hydroxyl groups is 1. The van der Waals surface area contributed by atoms with Crippen LogP contribution in [0.1, 0.15) is 16.4 Å². The molecule has 3 heteroatoms. The molecule has 0 spiro atoms. The maximum absolute atomic E-state index is 9.62. The van der Waals surface area contributed by atoms with Gasteiger partial charge in [0.1, 0.15) is 0 Å². The molecule has 0 unspecified atom stereocenters. The summed E-state index contributed by atoms with van der Waals surface area (Å²) < 4.78 is 0. The zero-order valence-corrected chi connectivity index (χ0v) is 11.7. The average Bonchev–Trinajstić information content (AvgIpc) is 3.04. The Kier molecular flexibility index (Phi) is 3.90. The quantitative estimate of drug-likeness (QED) is 0.790. The minimum absolute atomic E-state index is 0.0396. The zero-order chi connectivity index (χ0) is 13.8. The molecule has 1 aromatic carbocycles. The number of nitrogens with zero attached hydrogens (tertiary/aromatic N) is 1. The molecule has 0 aliphatic rings. The maximum atomic E-state index is 9.62. The Morgan fingerprint density at radius 1 is 1.15 bits per heavy atom. The number of aromatic nitrogens is 1. The molecule has 0 saturated carbocycles. The van der Waals surface area contributed by atoms with Crippen LogP contribution in [-0.2, 0) is 0 Å². The van der Waals surface area contributed by atoms with Crippen molar-refractivity contribution < 1.29 is 5.11 Å². The third-order valence-corrected chi connectivity index (χ3v) is 4.29. The molecule has 3 rings (SSSR count). The number of hydrogen-bond donors (Lipinski definition) is 1. The van der Waals surface area contributed by atoms with E-state index >= 15 is 0 Å². The number of pyridine rings is 1. The minimum Gasteiger partial charge on any atom is -0.395 e. The third kappa shape index (κ3) is 2.64. The van der Waals surface area contributed by atoms with E-state index in [9.17, 15) is 5.11 Å². The monoisotopic (exact) mass is 280 g/mol. The van der Waals surface area contributed by atoms with Crippen molar-refractivity contribution in [1.29, 1.82) is 0 Å². The first-order valence-electron chi connectivity index (χ1n) is 6.45. The van der Waals surface area contributed by atoms with Gasteiger partial charge in [-0.3, -0.25) is 4.98 Å². The Hall–Kier alpha value is -1.97. The number of rotatable bonds is 4. The highest BCUT2D eigenvalue weighted by Crippen LogP contribution is 2.29. The van der Waals surface area contributed by atoms with Crippen molar-refractivity contribution >= 4 is 11.3 Å². The van der Waals surface area contributed by atoms with Gasteiger partial charge < -0.3 is 5.11 Å². The fraction of sp³-hybridized carbons (Fsp3) is 0.118. The average molecular weight is 280 g/mol. The summed E-state index contributed by atoms with van der Waals surface area (Å²) in [5.41, 5.74) is 3.23. The van der Waals surface area contributed by atoms with Gasteiger partial charge in [0.05, 0.1) is 6.61 Å². The van der Waals surface area contributed by atoms with Crippen LogP contribution in [0.2, 0.25) is 0 Å². The molecule has 0 saturated heterocycles. The Morgan fingerprint density at radius 3 is 2.60 bits per heavy atom. The molecule has 2 aromatic heterocycles. The fourth-order valence-electron chi connectivity index (χ4n) is 2.21. The van der Waals surface area contributed by atoms with Crippen LogP contribution >= 0.6 is 11.3 Å². The molecule has 99 valence electrons. The normalized spacial score (nSPS) is 12.2. The van der Waals surface area contributed by atoms with Crippen molar-refractivity contribution in [3.8, 4) is 11.1 Å². The van der Waals surface area contributed by atoms with Crippen molar-refractivity contribution in [2.24, 2.45) is 0 Å². The number of hydrogen-bond acceptors (Lipinski definition) is 3. The molecule has 1 N–H and O–H groups in total. The van der Waals surface area contributed by atoms with Crippen molar-refractivity contribution in [2.75, 3.05) is 6.61 Å². The van der Waals surface area contributed by atoms with Gasteiger partial charge >= 0.3 is 0 Å². The topological polar surface area (TPSA) is 33.1 Å². The first-order valence-corrected chi connectivity index (χ1v) is 7.33. The van der Waals surface area contributed by atoms with Gasteiger partial charge in [0.15, 0.2) is 0 Å². The van der Waals surface area contributed by atoms with Gasteiger partial charge in [0, 0.05) is 23.2 Å². The summed E-state index contributed by atoms with van der Waals surface area (Å²) in [6, 6.07) is 17.4. The van der Waals surface area contributed by atoms with Gasteiger partial charge in [-0.2, -0.15) is 0 Å². The minimum atomic E-state index is 0.0396.